The van der Waals surface area contributed by atoms with Crippen LogP contribution in [0.5, 0.6) is 0 Å². The lowest BCUT2D eigenvalue weighted by molar-refractivity contribution is 0.103. The molecule has 1 heterocycles. The van der Waals surface area contributed by atoms with Crippen molar-refractivity contribution in [2.24, 2.45) is 0 Å². The Morgan fingerprint density at radius 3 is 2.33 bits per heavy atom. The number of benzene rings is 3. The van der Waals surface area contributed by atoms with Crippen LogP contribution in [0.15, 0.2) is 96.2 Å². The number of carbonyl (C=O) groups is 1. The van der Waals surface area contributed by atoms with Crippen molar-refractivity contribution < 1.29 is 13.2 Å². The summed E-state index contributed by atoms with van der Waals surface area (Å²) >= 11 is 6.09. The monoisotopic (exact) mass is 436 g/mol. The summed E-state index contributed by atoms with van der Waals surface area (Å²) in [5, 5.41) is 4.51. The summed E-state index contributed by atoms with van der Waals surface area (Å²) in [6.07, 6.45) is 3.43. The van der Waals surface area contributed by atoms with Crippen molar-refractivity contribution >= 4 is 27.2 Å². The number of aromatic nitrogens is 2. The lowest BCUT2D eigenvalue weighted by Crippen LogP contribution is -2.11. The number of hydrogen-bond donors (Lipinski definition) is 0. The Kier molecular flexibility index (Phi) is 5.53. The molecule has 0 fully saturated rings. The second kappa shape index (κ2) is 8.26. The second-order valence-electron chi connectivity index (χ2n) is 6.70. The van der Waals surface area contributed by atoms with Crippen molar-refractivity contribution in [2.45, 2.75) is 10.6 Å². The zero-order valence-electron chi connectivity index (χ0n) is 15.8. The molecule has 30 heavy (non-hydrogen) atoms. The molecule has 0 amide bonds. The van der Waals surface area contributed by atoms with E-state index in [0.717, 1.165) is 5.69 Å². The summed E-state index contributed by atoms with van der Waals surface area (Å²) in [4.78, 5) is 13.1. The number of sulfone groups is 1. The molecule has 4 rings (SSSR count). The van der Waals surface area contributed by atoms with Gasteiger partial charge in [-0.15, -0.1) is 0 Å². The van der Waals surface area contributed by atoms with Gasteiger partial charge in [0.15, 0.2) is 15.6 Å². The third-order valence-electron chi connectivity index (χ3n) is 4.66. The quantitative estimate of drug-likeness (QED) is 0.410. The van der Waals surface area contributed by atoms with Gasteiger partial charge in [0.25, 0.3) is 0 Å². The molecule has 4 aromatic rings. The first-order valence-corrected chi connectivity index (χ1v) is 11.2. The van der Waals surface area contributed by atoms with E-state index in [4.69, 9.17) is 11.6 Å². The lowest BCUT2D eigenvalue weighted by Gasteiger charge is -2.11. The Bertz CT molecular complexity index is 1280. The molecule has 7 heteroatoms. The molecule has 150 valence electrons. The smallest absolute Gasteiger partial charge is 0.193 e. The maximum atomic E-state index is 13.0. The molecule has 0 radical (unpaired) electrons. The summed E-state index contributed by atoms with van der Waals surface area (Å²) in [6, 6.07) is 21.7. The van der Waals surface area contributed by atoms with E-state index in [2.05, 4.69) is 5.10 Å². The molecule has 0 saturated carbocycles. The van der Waals surface area contributed by atoms with Crippen molar-refractivity contribution in [3.63, 3.8) is 0 Å². The first-order valence-electron chi connectivity index (χ1n) is 9.15. The summed E-state index contributed by atoms with van der Waals surface area (Å²) in [7, 11) is -3.67. The van der Waals surface area contributed by atoms with Crippen LogP contribution in [0.25, 0.3) is 5.69 Å². The molecule has 0 N–H and O–H groups in total. The van der Waals surface area contributed by atoms with Gasteiger partial charge in [-0.2, -0.15) is 5.10 Å². The van der Waals surface area contributed by atoms with E-state index < -0.39 is 9.84 Å². The van der Waals surface area contributed by atoms with Crippen LogP contribution in [0.3, 0.4) is 0 Å². The van der Waals surface area contributed by atoms with E-state index in [9.17, 15) is 13.2 Å². The standard InChI is InChI=1S/C23H17ClN2O3S/c24-19-8-7-18(22(15-19)23(27)17-5-2-1-3-6-17)16-30(28,29)21-11-9-20(10-12-21)26-14-4-13-25-26/h1-15H,16H2. The normalized spacial score (nSPS) is 11.4. The topological polar surface area (TPSA) is 69.0 Å². The van der Waals surface area contributed by atoms with Crippen LogP contribution in [-0.4, -0.2) is 24.0 Å². The highest BCUT2D eigenvalue weighted by molar-refractivity contribution is 7.90. The zero-order valence-corrected chi connectivity index (χ0v) is 17.3. The van der Waals surface area contributed by atoms with Crippen molar-refractivity contribution in [2.75, 3.05) is 0 Å². The van der Waals surface area contributed by atoms with Gasteiger partial charge in [-0.05, 0) is 48.0 Å². The number of carbonyl (C=O) groups excluding carboxylic acids is 1. The van der Waals surface area contributed by atoms with Crippen LogP contribution < -0.4 is 0 Å². The van der Waals surface area contributed by atoms with Gasteiger partial charge in [-0.25, -0.2) is 13.1 Å². The van der Waals surface area contributed by atoms with E-state index in [-0.39, 0.29) is 22.0 Å². The number of ketones is 1. The van der Waals surface area contributed by atoms with Crippen LogP contribution in [0, 0.1) is 0 Å². The predicted octanol–water partition coefficient (Wildman–Crippen LogP) is 4.73. The van der Waals surface area contributed by atoms with E-state index in [1.807, 2.05) is 6.07 Å². The van der Waals surface area contributed by atoms with Crippen LogP contribution in [0.4, 0.5) is 0 Å². The Hall–Kier alpha value is -3.22. The van der Waals surface area contributed by atoms with Gasteiger partial charge in [0, 0.05) is 28.5 Å². The van der Waals surface area contributed by atoms with Gasteiger partial charge >= 0.3 is 0 Å². The molecule has 0 spiro atoms. The zero-order chi connectivity index (χ0) is 21.1. The maximum absolute atomic E-state index is 13.0. The number of hydrogen-bond acceptors (Lipinski definition) is 4. The Morgan fingerprint density at radius 2 is 1.67 bits per heavy atom. The molecule has 1 aromatic heterocycles. The van der Waals surface area contributed by atoms with Crippen molar-refractivity contribution in [1.82, 2.24) is 9.78 Å². The highest BCUT2D eigenvalue weighted by Gasteiger charge is 2.21. The molecule has 0 saturated heterocycles. The minimum absolute atomic E-state index is 0.173. The first-order chi connectivity index (χ1) is 14.4. The highest BCUT2D eigenvalue weighted by atomic mass is 35.5. The van der Waals surface area contributed by atoms with E-state index in [1.54, 1.807) is 83.8 Å². The Labute approximate surface area is 179 Å². The molecular formula is C23H17ClN2O3S. The van der Waals surface area contributed by atoms with Crippen molar-refractivity contribution in [1.29, 1.82) is 0 Å². The summed E-state index contributed by atoms with van der Waals surface area (Å²) in [5.41, 5.74) is 1.92. The SMILES string of the molecule is O=C(c1ccccc1)c1cc(Cl)ccc1CS(=O)(=O)c1ccc(-n2cccn2)cc1. The maximum Gasteiger partial charge on any atom is 0.193 e. The predicted molar refractivity (Wildman–Crippen MR) is 116 cm³/mol. The van der Waals surface area contributed by atoms with E-state index in [1.165, 1.54) is 6.07 Å². The van der Waals surface area contributed by atoms with Crippen molar-refractivity contribution in [3.8, 4) is 5.69 Å². The fourth-order valence-electron chi connectivity index (χ4n) is 3.15. The second-order valence-corrected chi connectivity index (χ2v) is 9.13. The lowest BCUT2D eigenvalue weighted by atomic mass is 9.99. The van der Waals surface area contributed by atoms with Crippen molar-refractivity contribution in [3.05, 3.63) is 113 Å². The average Bonchev–Trinajstić information content (AvgIpc) is 3.30. The highest BCUT2D eigenvalue weighted by Crippen LogP contribution is 2.25. The van der Waals surface area contributed by atoms with Crippen LogP contribution in [0.2, 0.25) is 5.02 Å². The average molecular weight is 437 g/mol. The van der Waals surface area contributed by atoms with Gasteiger partial charge in [0.1, 0.15) is 0 Å². The molecule has 0 aliphatic heterocycles. The molecular weight excluding hydrogens is 420 g/mol. The summed E-state index contributed by atoms with van der Waals surface area (Å²) < 4.78 is 27.7. The number of rotatable bonds is 6. The minimum Gasteiger partial charge on any atom is -0.289 e. The molecule has 0 bridgehead atoms. The fraction of sp³-hybridized carbons (Fsp3) is 0.0435. The molecule has 0 atom stereocenters. The van der Waals surface area contributed by atoms with Crippen LogP contribution in [0.1, 0.15) is 21.5 Å². The molecule has 0 aliphatic rings. The molecule has 5 nitrogen and oxygen atoms in total. The summed E-state index contributed by atoms with van der Waals surface area (Å²) in [5.74, 6) is -0.573. The largest absolute Gasteiger partial charge is 0.289 e. The van der Waals surface area contributed by atoms with E-state index >= 15 is 0 Å². The molecule has 3 aromatic carbocycles. The van der Waals surface area contributed by atoms with Gasteiger partial charge in [-0.1, -0.05) is 48.0 Å². The first kappa shape index (κ1) is 20.1. The van der Waals surface area contributed by atoms with Gasteiger partial charge < -0.3 is 0 Å². The third-order valence-corrected chi connectivity index (χ3v) is 6.58. The summed E-state index contributed by atoms with van der Waals surface area (Å²) in [6.45, 7) is 0. The Balaban J connectivity index is 1.66. The van der Waals surface area contributed by atoms with Gasteiger partial charge in [0.2, 0.25) is 0 Å². The minimum atomic E-state index is -3.67. The number of nitrogens with zero attached hydrogens (tertiary/aromatic N) is 2. The van der Waals surface area contributed by atoms with E-state index in [0.29, 0.717) is 16.1 Å². The molecule has 0 aliphatic carbocycles. The van der Waals surface area contributed by atoms with Gasteiger partial charge in [0.05, 0.1) is 16.3 Å². The third kappa shape index (κ3) is 4.20. The molecule has 0 unspecified atom stereocenters. The van der Waals surface area contributed by atoms with Crippen LogP contribution in [-0.2, 0) is 15.6 Å². The number of halogens is 1. The Morgan fingerprint density at radius 1 is 0.933 bits per heavy atom. The van der Waals surface area contributed by atoms with Crippen LogP contribution >= 0.6 is 11.6 Å². The fourth-order valence-corrected chi connectivity index (χ4v) is 4.70. The van der Waals surface area contributed by atoms with Gasteiger partial charge in [-0.3, -0.25) is 4.79 Å².